The number of anilines is 1. The van der Waals surface area contributed by atoms with Crippen LogP contribution in [0.3, 0.4) is 0 Å². The molecule has 1 aliphatic heterocycles. The molecule has 1 fully saturated rings. The lowest BCUT2D eigenvalue weighted by atomic mass is 10.1. The van der Waals surface area contributed by atoms with E-state index < -0.39 is 18.0 Å². The van der Waals surface area contributed by atoms with Gasteiger partial charge in [0.05, 0.1) is 21.7 Å². The average Bonchev–Trinajstić information content (AvgIpc) is 3.05. The molecule has 27 heavy (non-hydrogen) atoms. The molecule has 2 aromatic rings. The number of esters is 1. The lowest BCUT2D eigenvalue weighted by Crippen LogP contribution is -2.30. The Labute approximate surface area is 166 Å². The number of nitrogens with zero attached hydrogens (tertiary/aromatic N) is 1. The van der Waals surface area contributed by atoms with Gasteiger partial charge in [0.15, 0.2) is 6.10 Å². The van der Waals surface area contributed by atoms with E-state index in [9.17, 15) is 14.4 Å². The number of amides is 1. The van der Waals surface area contributed by atoms with Crippen LogP contribution < -0.4 is 4.90 Å². The first-order valence-corrected chi connectivity index (χ1v) is 9.18. The van der Waals surface area contributed by atoms with Crippen LogP contribution in [-0.4, -0.2) is 30.3 Å². The highest BCUT2D eigenvalue weighted by Crippen LogP contribution is 2.36. The molecule has 1 amide bonds. The quantitative estimate of drug-likeness (QED) is 0.553. The van der Waals surface area contributed by atoms with Crippen LogP contribution >= 0.6 is 23.2 Å². The van der Waals surface area contributed by atoms with Crippen molar-refractivity contribution in [2.75, 3.05) is 11.4 Å². The number of Topliss-reactive ketones (excluding diaryl/α,β-unsaturated/α-hetero) is 1. The summed E-state index contributed by atoms with van der Waals surface area (Å²) in [6, 6.07) is 13.6. The van der Waals surface area contributed by atoms with Gasteiger partial charge in [-0.05, 0) is 19.1 Å². The predicted octanol–water partition coefficient (Wildman–Crippen LogP) is 4.16. The zero-order valence-electron chi connectivity index (χ0n) is 14.5. The van der Waals surface area contributed by atoms with E-state index in [2.05, 4.69) is 0 Å². The van der Waals surface area contributed by atoms with Crippen molar-refractivity contribution in [3.05, 3.63) is 64.1 Å². The van der Waals surface area contributed by atoms with E-state index in [1.165, 1.54) is 11.8 Å². The van der Waals surface area contributed by atoms with Crippen LogP contribution in [0.4, 0.5) is 5.69 Å². The zero-order chi connectivity index (χ0) is 19.6. The van der Waals surface area contributed by atoms with Crippen LogP contribution in [0, 0.1) is 5.92 Å². The molecular weight excluding hydrogens is 389 g/mol. The van der Waals surface area contributed by atoms with Gasteiger partial charge in [-0.3, -0.25) is 14.4 Å². The van der Waals surface area contributed by atoms with E-state index in [0.717, 1.165) is 0 Å². The Morgan fingerprint density at radius 3 is 2.52 bits per heavy atom. The third kappa shape index (κ3) is 4.15. The van der Waals surface area contributed by atoms with Crippen LogP contribution in [0.25, 0.3) is 0 Å². The largest absolute Gasteiger partial charge is 0.454 e. The third-order valence-electron chi connectivity index (χ3n) is 4.40. The lowest BCUT2D eigenvalue weighted by molar-refractivity contribution is -0.151. The summed E-state index contributed by atoms with van der Waals surface area (Å²) >= 11 is 12.2. The molecular formula is C20H17Cl2NO4. The molecule has 3 rings (SSSR count). The summed E-state index contributed by atoms with van der Waals surface area (Å²) in [4.78, 5) is 38.6. The van der Waals surface area contributed by atoms with Gasteiger partial charge in [0, 0.05) is 18.5 Å². The van der Waals surface area contributed by atoms with Crippen molar-refractivity contribution in [1.29, 1.82) is 0 Å². The molecule has 1 heterocycles. The highest BCUT2D eigenvalue weighted by atomic mass is 35.5. The fourth-order valence-electron chi connectivity index (χ4n) is 2.96. The number of ketones is 1. The van der Waals surface area contributed by atoms with Gasteiger partial charge >= 0.3 is 5.97 Å². The number of hydrogen-bond acceptors (Lipinski definition) is 4. The van der Waals surface area contributed by atoms with Crippen LogP contribution in [0.2, 0.25) is 10.0 Å². The molecule has 1 aliphatic rings. The SMILES string of the molecule is C[C@@H](OC(=O)[C@H]1CC(=O)N(c2cccc(Cl)c2Cl)C1)C(=O)c1ccccc1. The zero-order valence-corrected chi connectivity index (χ0v) is 16.0. The maximum Gasteiger partial charge on any atom is 0.312 e. The maximum absolute atomic E-state index is 12.5. The number of rotatable bonds is 5. The van der Waals surface area contributed by atoms with Crippen molar-refractivity contribution in [2.24, 2.45) is 5.92 Å². The molecule has 7 heteroatoms. The summed E-state index contributed by atoms with van der Waals surface area (Å²) in [6.07, 6.45) is -0.938. The highest BCUT2D eigenvalue weighted by molar-refractivity contribution is 6.44. The van der Waals surface area contributed by atoms with Crippen molar-refractivity contribution in [3.63, 3.8) is 0 Å². The van der Waals surface area contributed by atoms with Crippen LogP contribution in [-0.2, 0) is 14.3 Å². The number of hydrogen-bond donors (Lipinski definition) is 0. The summed E-state index contributed by atoms with van der Waals surface area (Å²) in [6.45, 7) is 1.65. The van der Waals surface area contributed by atoms with Gasteiger partial charge in [-0.2, -0.15) is 0 Å². The molecule has 2 aromatic carbocycles. The number of halogens is 2. The van der Waals surface area contributed by atoms with Crippen molar-refractivity contribution < 1.29 is 19.1 Å². The molecule has 0 N–H and O–H groups in total. The third-order valence-corrected chi connectivity index (χ3v) is 5.21. The Morgan fingerprint density at radius 1 is 1.11 bits per heavy atom. The molecule has 0 saturated carbocycles. The second kappa shape index (κ2) is 8.11. The summed E-state index contributed by atoms with van der Waals surface area (Å²) in [5.74, 6) is -1.79. The number of carbonyl (C=O) groups excluding carboxylic acids is 3. The number of benzene rings is 2. The lowest BCUT2D eigenvalue weighted by Gasteiger charge is -2.19. The first-order valence-electron chi connectivity index (χ1n) is 8.42. The van der Waals surface area contributed by atoms with Gasteiger partial charge in [0.25, 0.3) is 0 Å². The van der Waals surface area contributed by atoms with Gasteiger partial charge < -0.3 is 9.64 Å². The molecule has 5 nitrogen and oxygen atoms in total. The maximum atomic E-state index is 12.5. The molecule has 0 spiro atoms. The van der Waals surface area contributed by atoms with Crippen molar-refractivity contribution in [2.45, 2.75) is 19.4 Å². The molecule has 0 unspecified atom stereocenters. The highest BCUT2D eigenvalue weighted by Gasteiger charge is 2.38. The predicted molar refractivity (Wildman–Crippen MR) is 103 cm³/mol. The smallest absolute Gasteiger partial charge is 0.312 e. The van der Waals surface area contributed by atoms with Crippen LogP contribution in [0.1, 0.15) is 23.7 Å². The standard InChI is InChI=1S/C20H17Cl2NO4/c1-12(19(25)13-6-3-2-4-7-13)27-20(26)14-10-17(24)23(11-14)16-9-5-8-15(21)18(16)22/h2-9,12,14H,10-11H2,1H3/t12-,14+/m1/s1. The minimum absolute atomic E-state index is 0.00603. The Hall–Kier alpha value is -2.37. The Kier molecular flexibility index (Phi) is 5.82. The number of carbonyl (C=O) groups is 3. The molecule has 0 aliphatic carbocycles. The van der Waals surface area contributed by atoms with E-state index in [0.29, 0.717) is 16.3 Å². The van der Waals surface area contributed by atoms with E-state index in [-0.39, 0.29) is 29.7 Å². The first-order chi connectivity index (χ1) is 12.9. The minimum Gasteiger partial charge on any atom is -0.454 e. The number of ether oxygens (including phenoxy) is 1. The average molecular weight is 406 g/mol. The summed E-state index contributed by atoms with van der Waals surface area (Å²) < 4.78 is 5.31. The molecule has 1 saturated heterocycles. The Bertz CT molecular complexity index is 885. The van der Waals surface area contributed by atoms with E-state index in [1.807, 2.05) is 0 Å². The summed E-state index contributed by atoms with van der Waals surface area (Å²) in [7, 11) is 0. The van der Waals surface area contributed by atoms with Gasteiger partial charge in [-0.1, -0.05) is 59.6 Å². The fourth-order valence-corrected chi connectivity index (χ4v) is 3.36. The molecule has 0 radical (unpaired) electrons. The van der Waals surface area contributed by atoms with Gasteiger partial charge in [-0.15, -0.1) is 0 Å². The van der Waals surface area contributed by atoms with Gasteiger partial charge in [0.1, 0.15) is 0 Å². The van der Waals surface area contributed by atoms with Crippen molar-refractivity contribution >= 4 is 46.5 Å². The van der Waals surface area contributed by atoms with Gasteiger partial charge in [-0.25, -0.2) is 0 Å². The van der Waals surface area contributed by atoms with Crippen LogP contribution in [0.15, 0.2) is 48.5 Å². The molecule has 140 valence electrons. The minimum atomic E-state index is -0.932. The second-order valence-electron chi connectivity index (χ2n) is 6.29. The topological polar surface area (TPSA) is 63.7 Å². The molecule has 0 aromatic heterocycles. The molecule has 2 atom stereocenters. The van der Waals surface area contributed by atoms with E-state index >= 15 is 0 Å². The monoisotopic (exact) mass is 405 g/mol. The normalized spacial score (nSPS) is 17.7. The second-order valence-corrected chi connectivity index (χ2v) is 7.07. The van der Waals surface area contributed by atoms with Crippen LogP contribution in [0.5, 0.6) is 0 Å². The summed E-state index contributed by atoms with van der Waals surface area (Å²) in [5, 5.41) is 0.587. The van der Waals surface area contributed by atoms with E-state index in [4.69, 9.17) is 27.9 Å². The molecule has 0 bridgehead atoms. The van der Waals surface area contributed by atoms with E-state index in [1.54, 1.807) is 48.5 Å². The van der Waals surface area contributed by atoms with Crippen molar-refractivity contribution in [3.8, 4) is 0 Å². The van der Waals surface area contributed by atoms with Crippen molar-refractivity contribution in [1.82, 2.24) is 0 Å². The van der Waals surface area contributed by atoms with Gasteiger partial charge in [0.2, 0.25) is 11.7 Å². The Morgan fingerprint density at radius 2 is 1.81 bits per heavy atom. The Balaban J connectivity index is 1.67. The summed E-state index contributed by atoms with van der Waals surface area (Å²) in [5.41, 5.74) is 0.922. The first kappa shape index (κ1) is 19.4. The fraction of sp³-hybridized carbons (Fsp3) is 0.250.